The maximum Gasteiger partial charge on any atom is 0.244 e. The van der Waals surface area contributed by atoms with E-state index in [0.717, 1.165) is 0 Å². The van der Waals surface area contributed by atoms with Crippen molar-refractivity contribution in [3.63, 3.8) is 0 Å². The third-order valence-corrected chi connectivity index (χ3v) is 2.68. The van der Waals surface area contributed by atoms with E-state index in [-0.39, 0.29) is 17.9 Å². The standard InChI is InChI=1S/C14H15N3O3/c1-20-13-3-2-10(15)8-12(13)16-14(19)9-17-6-4-11(18)5-7-17/h2-8H,9,15H2,1H3,(H,16,19). The maximum atomic E-state index is 11.9. The lowest BCUT2D eigenvalue weighted by Gasteiger charge is -2.11. The molecular weight excluding hydrogens is 258 g/mol. The monoisotopic (exact) mass is 273 g/mol. The lowest BCUT2D eigenvalue weighted by Crippen LogP contribution is -2.19. The van der Waals surface area contributed by atoms with E-state index in [1.54, 1.807) is 35.2 Å². The Kier molecular flexibility index (Phi) is 4.05. The number of nitrogens with zero attached hydrogens (tertiary/aromatic N) is 1. The number of rotatable bonds is 4. The molecule has 1 amide bonds. The average molecular weight is 273 g/mol. The second-order valence-electron chi connectivity index (χ2n) is 4.21. The largest absolute Gasteiger partial charge is 0.495 e. The summed E-state index contributed by atoms with van der Waals surface area (Å²) in [5.41, 5.74) is 6.63. The van der Waals surface area contributed by atoms with E-state index in [1.807, 2.05) is 0 Å². The normalized spacial score (nSPS) is 10.1. The zero-order chi connectivity index (χ0) is 14.5. The van der Waals surface area contributed by atoms with Crippen LogP contribution < -0.4 is 21.2 Å². The van der Waals surface area contributed by atoms with Crippen molar-refractivity contribution in [2.24, 2.45) is 0 Å². The topological polar surface area (TPSA) is 86.3 Å². The van der Waals surface area contributed by atoms with Crippen LogP contribution in [0.3, 0.4) is 0 Å². The first kappa shape index (κ1) is 13.7. The van der Waals surface area contributed by atoms with E-state index in [4.69, 9.17) is 10.5 Å². The van der Waals surface area contributed by atoms with Crippen molar-refractivity contribution in [3.8, 4) is 5.75 Å². The molecule has 0 aliphatic heterocycles. The number of aromatic nitrogens is 1. The Bertz CT molecular complexity index is 659. The van der Waals surface area contributed by atoms with Gasteiger partial charge in [0.25, 0.3) is 0 Å². The number of carbonyl (C=O) groups is 1. The molecule has 0 saturated carbocycles. The van der Waals surface area contributed by atoms with Crippen molar-refractivity contribution >= 4 is 17.3 Å². The number of hydrogen-bond donors (Lipinski definition) is 2. The smallest absolute Gasteiger partial charge is 0.244 e. The number of nitrogens with two attached hydrogens (primary N) is 1. The Labute approximate surface area is 115 Å². The number of nitrogens with one attached hydrogen (secondary N) is 1. The number of methoxy groups -OCH3 is 1. The van der Waals surface area contributed by atoms with E-state index >= 15 is 0 Å². The first-order valence-electron chi connectivity index (χ1n) is 5.98. The van der Waals surface area contributed by atoms with Gasteiger partial charge in [0.15, 0.2) is 5.43 Å². The molecule has 0 atom stereocenters. The first-order chi connectivity index (χ1) is 9.58. The van der Waals surface area contributed by atoms with Gasteiger partial charge in [0, 0.05) is 30.2 Å². The number of benzene rings is 1. The molecular formula is C14H15N3O3. The number of pyridine rings is 1. The van der Waals surface area contributed by atoms with Crippen LogP contribution >= 0.6 is 0 Å². The highest BCUT2D eigenvalue weighted by Crippen LogP contribution is 2.26. The minimum atomic E-state index is -0.238. The van der Waals surface area contributed by atoms with Gasteiger partial charge in [-0.05, 0) is 18.2 Å². The minimum absolute atomic E-state index is 0.0955. The van der Waals surface area contributed by atoms with Crippen LogP contribution in [0.1, 0.15) is 0 Å². The van der Waals surface area contributed by atoms with E-state index in [0.29, 0.717) is 17.1 Å². The van der Waals surface area contributed by atoms with Gasteiger partial charge in [0.2, 0.25) is 5.91 Å². The molecule has 0 fully saturated rings. The minimum Gasteiger partial charge on any atom is -0.495 e. The Hall–Kier alpha value is -2.76. The van der Waals surface area contributed by atoms with Crippen LogP contribution in [0.25, 0.3) is 0 Å². The molecule has 6 heteroatoms. The van der Waals surface area contributed by atoms with Gasteiger partial charge in [0.1, 0.15) is 12.3 Å². The summed E-state index contributed by atoms with van der Waals surface area (Å²) in [6.07, 6.45) is 3.11. The fourth-order valence-corrected chi connectivity index (χ4v) is 1.73. The molecule has 0 aliphatic rings. The van der Waals surface area contributed by atoms with Crippen LogP contribution in [0.5, 0.6) is 5.75 Å². The third kappa shape index (κ3) is 3.38. The molecule has 3 N–H and O–H groups in total. The van der Waals surface area contributed by atoms with E-state index < -0.39 is 0 Å². The zero-order valence-corrected chi connectivity index (χ0v) is 11.0. The number of ether oxygens (including phenoxy) is 1. The van der Waals surface area contributed by atoms with Gasteiger partial charge in [-0.25, -0.2) is 0 Å². The number of carbonyl (C=O) groups excluding carboxylic acids is 1. The van der Waals surface area contributed by atoms with Crippen molar-refractivity contribution in [1.29, 1.82) is 0 Å². The summed E-state index contributed by atoms with van der Waals surface area (Å²) in [5, 5.41) is 2.72. The second kappa shape index (κ2) is 5.92. The third-order valence-electron chi connectivity index (χ3n) is 2.68. The first-order valence-corrected chi connectivity index (χ1v) is 5.98. The van der Waals surface area contributed by atoms with Gasteiger partial charge in [0.05, 0.1) is 12.8 Å². The van der Waals surface area contributed by atoms with Crippen molar-refractivity contribution in [3.05, 3.63) is 52.9 Å². The van der Waals surface area contributed by atoms with Gasteiger partial charge in [-0.15, -0.1) is 0 Å². The molecule has 0 bridgehead atoms. The number of hydrogen-bond acceptors (Lipinski definition) is 4. The Morgan fingerprint density at radius 2 is 2.00 bits per heavy atom. The molecule has 2 rings (SSSR count). The number of amides is 1. The predicted molar refractivity (Wildman–Crippen MR) is 76.7 cm³/mol. The van der Waals surface area contributed by atoms with Crippen LogP contribution in [0.15, 0.2) is 47.5 Å². The molecule has 6 nitrogen and oxygen atoms in total. The maximum absolute atomic E-state index is 11.9. The fraction of sp³-hybridized carbons (Fsp3) is 0.143. The summed E-state index contributed by atoms with van der Waals surface area (Å²) in [5.74, 6) is 0.296. The fourth-order valence-electron chi connectivity index (χ4n) is 1.73. The molecule has 0 radical (unpaired) electrons. The van der Waals surface area contributed by atoms with Crippen LogP contribution in [0.2, 0.25) is 0 Å². The van der Waals surface area contributed by atoms with Gasteiger partial charge < -0.3 is 20.4 Å². The SMILES string of the molecule is COc1ccc(N)cc1NC(=O)Cn1ccc(=O)cc1. The molecule has 0 spiro atoms. The summed E-state index contributed by atoms with van der Waals surface area (Å²) < 4.78 is 6.76. The summed E-state index contributed by atoms with van der Waals surface area (Å²) in [6, 6.07) is 7.80. The highest BCUT2D eigenvalue weighted by atomic mass is 16.5. The van der Waals surface area contributed by atoms with Gasteiger partial charge in [-0.3, -0.25) is 9.59 Å². The zero-order valence-electron chi connectivity index (χ0n) is 11.0. The van der Waals surface area contributed by atoms with E-state index in [2.05, 4.69) is 5.32 Å². The molecule has 1 aromatic heterocycles. The molecule has 0 saturated heterocycles. The quantitative estimate of drug-likeness (QED) is 0.816. The lowest BCUT2D eigenvalue weighted by atomic mass is 10.2. The van der Waals surface area contributed by atoms with E-state index in [9.17, 15) is 9.59 Å². The van der Waals surface area contributed by atoms with Crippen LogP contribution in [0, 0.1) is 0 Å². The summed E-state index contributed by atoms with van der Waals surface area (Å²) in [7, 11) is 1.52. The summed E-state index contributed by atoms with van der Waals surface area (Å²) in [6.45, 7) is 0.0955. The van der Waals surface area contributed by atoms with Crippen molar-refractivity contribution in [2.75, 3.05) is 18.2 Å². The molecule has 0 aliphatic carbocycles. The number of anilines is 2. The molecule has 1 heterocycles. The van der Waals surface area contributed by atoms with Crippen LogP contribution in [-0.4, -0.2) is 17.6 Å². The molecule has 1 aromatic carbocycles. The predicted octanol–water partition coefficient (Wildman–Crippen LogP) is 1.08. The molecule has 0 unspecified atom stereocenters. The van der Waals surface area contributed by atoms with Gasteiger partial charge >= 0.3 is 0 Å². The lowest BCUT2D eigenvalue weighted by molar-refractivity contribution is -0.116. The van der Waals surface area contributed by atoms with Crippen molar-refractivity contribution < 1.29 is 9.53 Å². The van der Waals surface area contributed by atoms with Gasteiger partial charge in [-0.1, -0.05) is 0 Å². The van der Waals surface area contributed by atoms with E-state index in [1.165, 1.54) is 19.2 Å². The van der Waals surface area contributed by atoms with Crippen molar-refractivity contribution in [2.45, 2.75) is 6.54 Å². The Morgan fingerprint density at radius 3 is 2.65 bits per heavy atom. The molecule has 20 heavy (non-hydrogen) atoms. The Balaban J connectivity index is 2.10. The molecule has 104 valence electrons. The van der Waals surface area contributed by atoms with Gasteiger partial charge in [-0.2, -0.15) is 0 Å². The Morgan fingerprint density at radius 1 is 1.30 bits per heavy atom. The van der Waals surface area contributed by atoms with Crippen LogP contribution in [-0.2, 0) is 11.3 Å². The van der Waals surface area contributed by atoms with Crippen LogP contribution in [0.4, 0.5) is 11.4 Å². The highest BCUT2D eigenvalue weighted by Gasteiger charge is 2.08. The second-order valence-corrected chi connectivity index (χ2v) is 4.21. The average Bonchev–Trinajstić information content (AvgIpc) is 2.41. The molecule has 2 aromatic rings. The summed E-state index contributed by atoms with van der Waals surface area (Å²) >= 11 is 0. The highest BCUT2D eigenvalue weighted by molar-refractivity contribution is 5.92. The summed E-state index contributed by atoms with van der Waals surface area (Å²) in [4.78, 5) is 22.9. The number of nitrogen functional groups attached to an aromatic ring is 1. The van der Waals surface area contributed by atoms with Crippen molar-refractivity contribution in [1.82, 2.24) is 4.57 Å².